The van der Waals surface area contributed by atoms with Crippen LogP contribution < -0.4 is 0 Å². The number of rotatable bonds is 3. The topological polar surface area (TPSA) is 43.4 Å². The summed E-state index contributed by atoms with van der Waals surface area (Å²) in [4.78, 5) is 24.5. The van der Waals surface area contributed by atoms with Gasteiger partial charge in [-0.3, -0.25) is 9.59 Å². The number of carbonyl (C=O) groups excluding carboxylic acids is 2. The largest absolute Gasteiger partial charge is 0.493 e. The van der Waals surface area contributed by atoms with Gasteiger partial charge in [0, 0.05) is 17.2 Å². The van der Waals surface area contributed by atoms with E-state index in [1.165, 1.54) is 13.2 Å². The van der Waals surface area contributed by atoms with Crippen LogP contribution in [0.2, 0.25) is 0 Å². The third kappa shape index (κ3) is 2.07. The highest BCUT2D eigenvalue weighted by molar-refractivity contribution is 6.22. The fraction of sp³-hybridized carbons (Fsp3) is 0.412. The van der Waals surface area contributed by atoms with Gasteiger partial charge in [0.1, 0.15) is 0 Å². The molecule has 0 unspecified atom stereocenters. The molecule has 0 amide bonds. The molecule has 0 saturated heterocycles. The zero-order valence-electron chi connectivity index (χ0n) is 12.3. The van der Waals surface area contributed by atoms with Crippen LogP contribution >= 0.6 is 0 Å². The first-order valence-corrected chi connectivity index (χ1v) is 6.69. The molecule has 2 rings (SSSR count). The molecule has 0 spiro atoms. The second kappa shape index (κ2) is 4.89. The molecule has 0 saturated carbocycles. The summed E-state index contributed by atoms with van der Waals surface area (Å²) < 4.78 is 5.01. The molecule has 2 atom stereocenters. The van der Waals surface area contributed by atoms with Crippen LogP contribution in [0.4, 0.5) is 0 Å². The second-order valence-corrected chi connectivity index (χ2v) is 5.85. The average molecular weight is 272 g/mol. The van der Waals surface area contributed by atoms with Gasteiger partial charge in [-0.1, -0.05) is 25.2 Å². The van der Waals surface area contributed by atoms with E-state index in [1.807, 2.05) is 13.0 Å². The van der Waals surface area contributed by atoms with Gasteiger partial charge in [-0.05, 0) is 31.1 Å². The first kappa shape index (κ1) is 14.5. The number of allylic oxidation sites excluding steroid dienone is 5. The van der Waals surface area contributed by atoms with E-state index in [1.54, 1.807) is 0 Å². The maximum absolute atomic E-state index is 12.4. The van der Waals surface area contributed by atoms with Gasteiger partial charge in [0.15, 0.2) is 11.5 Å². The lowest BCUT2D eigenvalue weighted by Gasteiger charge is -2.42. The summed E-state index contributed by atoms with van der Waals surface area (Å²) in [5.41, 5.74) is 1.95. The van der Waals surface area contributed by atoms with Crippen LogP contribution in [0.25, 0.3) is 0 Å². The summed E-state index contributed by atoms with van der Waals surface area (Å²) >= 11 is 0. The molecule has 0 bridgehead atoms. The Kier molecular flexibility index (Phi) is 3.55. The molecule has 0 N–H and O–H groups in total. The second-order valence-electron chi connectivity index (χ2n) is 5.85. The van der Waals surface area contributed by atoms with E-state index in [-0.39, 0.29) is 28.7 Å². The molecule has 0 aromatic carbocycles. The standard InChI is InChI=1S/C17H20O3/c1-6-17(4)9-12-11(7-13(17)10(2)3)14(18)8-15(20-5)16(12)19/h6,8,13H,1-2,7,9H2,3-5H3/t13-,17-/m0/s1. The molecule has 0 aromatic heterocycles. The van der Waals surface area contributed by atoms with Crippen LogP contribution in [0.3, 0.4) is 0 Å². The number of ether oxygens (including phenoxy) is 1. The van der Waals surface area contributed by atoms with Crippen LogP contribution in [0.5, 0.6) is 0 Å². The lowest BCUT2D eigenvalue weighted by molar-refractivity contribution is -0.119. The van der Waals surface area contributed by atoms with E-state index in [9.17, 15) is 9.59 Å². The Hall–Kier alpha value is -1.90. The quantitative estimate of drug-likeness (QED) is 0.585. The Morgan fingerprint density at radius 3 is 2.60 bits per heavy atom. The molecular formula is C17H20O3. The fourth-order valence-electron chi connectivity index (χ4n) is 3.16. The van der Waals surface area contributed by atoms with Gasteiger partial charge < -0.3 is 4.74 Å². The van der Waals surface area contributed by atoms with Crippen LogP contribution in [-0.2, 0) is 14.3 Å². The van der Waals surface area contributed by atoms with E-state index < -0.39 is 0 Å². The molecule has 3 heteroatoms. The van der Waals surface area contributed by atoms with Crippen LogP contribution in [-0.4, -0.2) is 18.7 Å². The minimum atomic E-state index is -0.253. The SMILES string of the molecule is C=C[C@@]1(C)CC2=C(C[C@H]1C(=C)C)C(=O)C=C(OC)C2=O. The third-order valence-electron chi connectivity index (χ3n) is 4.46. The van der Waals surface area contributed by atoms with E-state index >= 15 is 0 Å². The van der Waals surface area contributed by atoms with Crippen LogP contribution in [0, 0.1) is 11.3 Å². The predicted octanol–water partition coefficient (Wildman–Crippen LogP) is 3.14. The highest BCUT2D eigenvalue weighted by Gasteiger charge is 2.43. The average Bonchev–Trinajstić information content (AvgIpc) is 2.41. The molecule has 0 radical (unpaired) electrons. The van der Waals surface area contributed by atoms with Crippen molar-refractivity contribution < 1.29 is 14.3 Å². The summed E-state index contributed by atoms with van der Waals surface area (Å²) in [6, 6.07) is 0. The van der Waals surface area contributed by atoms with Crippen molar-refractivity contribution in [1.82, 2.24) is 0 Å². The number of ketones is 2. The highest BCUT2D eigenvalue weighted by atomic mass is 16.5. The molecule has 106 valence electrons. The van der Waals surface area contributed by atoms with E-state index in [0.717, 1.165) is 5.57 Å². The van der Waals surface area contributed by atoms with Crippen molar-refractivity contribution >= 4 is 11.6 Å². The van der Waals surface area contributed by atoms with Crippen molar-refractivity contribution in [1.29, 1.82) is 0 Å². The number of hydrogen-bond donors (Lipinski definition) is 0. The molecule has 20 heavy (non-hydrogen) atoms. The van der Waals surface area contributed by atoms with Gasteiger partial charge >= 0.3 is 0 Å². The van der Waals surface area contributed by atoms with E-state index in [2.05, 4.69) is 20.1 Å². The van der Waals surface area contributed by atoms with Gasteiger partial charge in [0.2, 0.25) is 5.78 Å². The Bertz CT molecular complexity index is 577. The lowest BCUT2D eigenvalue weighted by atomic mass is 9.61. The van der Waals surface area contributed by atoms with Crippen LogP contribution in [0.1, 0.15) is 26.7 Å². The zero-order chi connectivity index (χ0) is 15.1. The molecule has 2 aliphatic rings. The summed E-state index contributed by atoms with van der Waals surface area (Å²) in [6.45, 7) is 12.0. The molecule has 0 aliphatic heterocycles. The fourth-order valence-corrected chi connectivity index (χ4v) is 3.16. The predicted molar refractivity (Wildman–Crippen MR) is 78.0 cm³/mol. The molecule has 0 fully saturated rings. The van der Waals surface area contributed by atoms with Gasteiger partial charge in [0.05, 0.1) is 7.11 Å². The van der Waals surface area contributed by atoms with Crippen LogP contribution in [0.15, 0.2) is 47.8 Å². The van der Waals surface area contributed by atoms with Gasteiger partial charge in [-0.15, -0.1) is 6.58 Å². The van der Waals surface area contributed by atoms with Crippen molar-refractivity contribution in [2.24, 2.45) is 11.3 Å². The van der Waals surface area contributed by atoms with E-state index in [4.69, 9.17) is 4.74 Å². The maximum Gasteiger partial charge on any atom is 0.224 e. The molecule has 3 nitrogen and oxygen atoms in total. The molecular weight excluding hydrogens is 252 g/mol. The summed E-state index contributed by atoms with van der Waals surface area (Å²) in [6.07, 6.45) is 4.23. The summed E-state index contributed by atoms with van der Waals surface area (Å²) in [5, 5.41) is 0. The minimum absolute atomic E-state index is 0.117. The van der Waals surface area contributed by atoms with Gasteiger partial charge in [0.25, 0.3) is 0 Å². The molecule has 0 heterocycles. The Labute approximate surface area is 119 Å². The number of hydrogen-bond acceptors (Lipinski definition) is 3. The van der Waals surface area contributed by atoms with Crippen molar-refractivity contribution in [2.75, 3.05) is 7.11 Å². The summed E-state index contributed by atoms with van der Waals surface area (Å²) in [7, 11) is 1.41. The zero-order valence-corrected chi connectivity index (χ0v) is 12.3. The number of methoxy groups -OCH3 is 1. The first-order valence-electron chi connectivity index (χ1n) is 6.69. The van der Waals surface area contributed by atoms with E-state index in [0.29, 0.717) is 24.0 Å². The van der Waals surface area contributed by atoms with Crippen molar-refractivity contribution in [3.8, 4) is 0 Å². The molecule has 0 aromatic rings. The van der Waals surface area contributed by atoms with Crippen molar-refractivity contribution in [3.05, 3.63) is 47.8 Å². The Balaban J connectivity index is 2.50. The normalized spacial score (nSPS) is 29.8. The Morgan fingerprint density at radius 2 is 2.10 bits per heavy atom. The van der Waals surface area contributed by atoms with Gasteiger partial charge in [-0.25, -0.2) is 0 Å². The smallest absolute Gasteiger partial charge is 0.224 e. The number of carbonyl (C=O) groups is 2. The minimum Gasteiger partial charge on any atom is -0.493 e. The monoisotopic (exact) mass is 272 g/mol. The first-order chi connectivity index (χ1) is 9.34. The van der Waals surface area contributed by atoms with Crippen molar-refractivity contribution in [2.45, 2.75) is 26.7 Å². The van der Waals surface area contributed by atoms with Gasteiger partial charge in [-0.2, -0.15) is 0 Å². The van der Waals surface area contributed by atoms with Crippen molar-refractivity contribution in [3.63, 3.8) is 0 Å². The number of Topliss-reactive ketones (excluding diaryl/α,β-unsaturated/α-hetero) is 1. The third-order valence-corrected chi connectivity index (χ3v) is 4.46. The molecule has 2 aliphatic carbocycles. The summed E-state index contributed by atoms with van der Waals surface area (Å²) in [5.74, 6) is -0.0221. The maximum atomic E-state index is 12.4. The highest BCUT2D eigenvalue weighted by Crippen LogP contribution is 2.49. The Morgan fingerprint density at radius 1 is 1.45 bits per heavy atom. The lowest BCUT2D eigenvalue weighted by Crippen LogP contribution is -2.36.